The fourth-order valence-corrected chi connectivity index (χ4v) is 2.33. The first-order valence-electron chi connectivity index (χ1n) is 7.99. The van der Waals surface area contributed by atoms with Crippen molar-refractivity contribution < 1.29 is 14.3 Å². The van der Waals surface area contributed by atoms with Crippen LogP contribution in [-0.2, 0) is 20.7 Å². The van der Waals surface area contributed by atoms with Crippen molar-refractivity contribution in [3.63, 3.8) is 0 Å². The van der Waals surface area contributed by atoms with Gasteiger partial charge in [0.25, 0.3) is 0 Å². The minimum absolute atomic E-state index is 0.156. The second-order valence-electron chi connectivity index (χ2n) is 5.59. The minimum Gasteiger partial charge on any atom is -0.362 e. The maximum absolute atomic E-state index is 11.8. The number of benzene rings is 2. The van der Waals surface area contributed by atoms with Gasteiger partial charge in [-0.05, 0) is 36.6 Å². The Hall–Kier alpha value is -2.37. The second kappa shape index (κ2) is 9.81. The van der Waals surface area contributed by atoms with E-state index in [4.69, 9.17) is 16.3 Å². The number of hydrogen-bond acceptors (Lipinski definition) is 3. The number of nitrogens with one attached hydrogen (secondary N) is 2. The molecule has 0 aliphatic heterocycles. The zero-order valence-electron chi connectivity index (χ0n) is 14.0. The van der Waals surface area contributed by atoms with Gasteiger partial charge < -0.3 is 15.4 Å². The van der Waals surface area contributed by atoms with Crippen LogP contribution in [0.4, 0.5) is 5.69 Å². The summed E-state index contributed by atoms with van der Waals surface area (Å²) in [7, 11) is 0. The molecule has 25 heavy (non-hydrogen) atoms. The highest BCUT2D eigenvalue weighted by Gasteiger charge is 2.06. The molecule has 2 aromatic carbocycles. The Morgan fingerprint density at radius 2 is 1.76 bits per heavy atom. The third-order valence-electron chi connectivity index (χ3n) is 3.50. The summed E-state index contributed by atoms with van der Waals surface area (Å²) in [5, 5.41) is 6.00. The maximum Gasteiger partial charge on any atom is 0.250 e. The summed E-state index contributed by atoms with van der Waals surface area (Å²) >= 11 is 6.00. The number of halogens is 1. The number of anilines is 1. The van der Waals surface area contributed by atoms with Gasteiger partial charge in [0.05, 0.1) is 0 Å². The van der Waals surface area contributed by atoms with Gasteiger partial charge in [-0.2, -0.15) is 0 Å². The molecular weight excluding hydrogens is 340 g/mol. The van der Waals surface area contributed by atoms with E-state index in [2.05, 4.69) is 10.6 Å². The Morgan fingerprint density at radius 1 is 1.04 bits per heavy atom. The van der Waals surface area contributed by atoms with Gasteiger partial charge in [0.1, 0.15) is 13.2 Å². The number of ether oxygens (including phenoxy) is 1. The van der Waals surface area contributed by atoms with Gasteiger partial charge >= 0.3 is 0 Å². The van der Waals surface area contributed by atoms with Crippen LogP contribution in [0.25, 0.3) is 0 Å². The number of amides is 2. The van der Waals surface area contributed by atoms with Crippen LogP contribution in [0.2, 0.25) is 5.02 Å². The molecule has 0 aliphatic carbocycles. The van der Waals surface area contributed by atoms with Gasteiger partial charge in [-0.15, -0.1) is 0 Å². The third kappa shape index (κ3) is 6.95. The van der Waals surface area contributed by atoms with Crippen molar-refractivity contribution in [3.8, 4) is 0 Å². The molecule has 0 saturated carbocycles. The van der Waals surface area contributed by atoms with E-state index >= 15 is 0 Å². The van der Waals surface area contributed by atoms with Crippen molar-refractivity contribution >= 4 is 29.1 Å². The van der Waals surface area contributed by atoms with Crippen molar-refractivity contribution in [3.05, 3.63) is 64.7 Å². The summed E-state index contributed by atoms with van der Waals surface area (Å²) in [6.07, 6.45) is 0.751. The van der Waals surface area contributed by atoms with Crippen LogP contribution in [-0.4, -0.2) is 31.6 Å². The molecule has 0 aliphatic rings. The van der Waals surface area contributed by atoms with E-state index < -0.39 is 0 Å². The lowest BCUT2D eigenvalue weighted by atomic mass is 10.1. The summed E-state index contributed by atoms with van der Waals surface area (Å²) in [5.74, 6) is -0.584. The molecule has 6 heteroatoms. The van der Waals surface area contributed by atoms with Gasteiger partial charge in [0.2, 0.25) is 11.8 Å². The van der Waals surface area contributed by atoms with E-state index in [9.17, 15) is 9.59 Å². The number of carbonyl (C=O) groups excluding carboxylic acids is 2. The minimum atomic E-state index is -0.336. The zero-order chi connectivity index (χ0) is 18.1. The van der Waals surface area contributed by atoms with Gasteiger partial charge in [-0.3, -0.25) is 9.59 Å². The summed E-state index contributed by atoms with van der Waals surface area (Å²) in [6, 6.07) is 15.1. The summed E-state index contributed by atoms with van der Waals surface area (Å²) in [5.41, 5.74) is 2.68. The standard InChI is InChI=1S/C19H21ClN2O3/c1-14-7-8-16(11-17(14)20)22-19(24)13-25-12-18(23)21-10-9-15-5-3-2-4-6-15/h2-8,11H,9-10,12-13H2,1H3,(H,21,23)(H,22,24). The van der Waals surface area contributed by atoms with Crippen molar-refractivity contribution in [1.29, 1.82) is 0 Å². The molecule has 132 valence electrons. The Bertz CT molecular complexity index is 720. The quantitative estimate of drug-likeness (QED) is 0.760. The maximum atomic E-state index is 11.8. The van der Waals surface area contributed by atoms with E-state index in [0.717, 1.165) is 17.5 Å². The molecule has 0 saturated heterocycles. The lowest BCUT2D eigenvalue weighted by Crippen LogP contribution is -2.31. The normalized spacial score (nSPS) is 10.3. The first-order chi connectivity index (χ1) is 12.0. The van der Waals surface area contributed by atoms with Crippen LogP contribution in [0.1, 0.15) is 11.1 Å². The lowest BCUT2D eigenvalue weighted by Gasteiger charge is -2.08. The van der Waals surface area contributed by atoms with Crippen LogP contribution in [0.3, 0.4) is 0 Å². The third-order valence-corrected chi connectivity index (χ3v) is 3.91. The molecule has 5 nitrogen and oxygen atoms in total. The highest BCUT2D eigenvalue weighted by molar-refractivity contribution is 6.31. The molecule has 2 rings (SSSR count). The largest absolute Gasteiger partial charge is 0.362 e. The first kappa shape index (κ1) is 19.0. The molecule has 0 atom stereocenters. The Kier molecular flexibility index (Phi) is 7.44. The molecule has 0 aromatic heterocycles. The van der Waals surface area contributed by atoms with Crippen molar-refractivity contribution in [1.82, 2.24) is 5.32 Å². The predicted molar refractivity (Wildman–Crippen MR) is 98.8 cm³/mol. The van der Waals surface area contributed by atoms with E-state index in [-0.39, 0.29) is 25.0 Å². The Labute approximate surface area is 152 Å². The van der Waals surface area contributed by atoms with Gasteiger partial charge in [-0.1, -0.05) is 48.0 Å². The number of carbonyl (C=O) groups is 2. The summed E-state index contributed by atoms with van der Waals surface area (Å²) in [4.78, 5) is 23.4. The van der Waals surface area contributed by atoms with Crippen LogP contribution in [0, 0.1) is 6.92 Å². The smallest absolute Gasteiger partial charge is 0.250 e. The molecule has 0 bridgehead atoms. The average molecular weight is 361 g/mol. The van der Waals surface area contributed by atoms with Crippen molar-refractivity contribution in [2.75, 3.05) is 25.1 Å². The monoisotopic (exact) mass is 360 g/mol. The SMILES string of the molecule is Cc1ccc(NC(=O)COCC(=O)NCCc2ccccc2)cc1Cl. The van der Waals surface area contributed by atoms with Gasteiger partial charge in [0.15, 0.2) is 0 Å². The fraction of sp³-hybridized carbons (Fsp3) is 0.263. The molecule has 2 N–H and O–H groups in total. The topological polar surface area (TPSA) is 67.4 Å². The molecule has 2 aromatic rings. The van der Waals surface area contributed by atoms with Gasteiger partial charge in [0, 0.05) is 17.3 Å². The summed E-state index contributed by atoms with van der Waals surface area (Å²) in [6.45, 7) is 2.06. The molecule has 2 amide bonds. The van der Waals surface area contributed by atoms with Gasteiger partial charge in [-0.25, -0.2) is 0 Å². The predicted octanol–water partition coefficient (Wildman–Crippen LogP) is 2.96. The fourth-order valence-electron chi connectivity index (χ4n) is 2.15. The van der Waals surface area contributed by atoms with E-state index in [0.29, 0.717) is 17.3 Å². The Morgan fingerprint density at radius 3 is 2.48 bits per heavy atom. The molecule has 0 unspecified atom stereocenters. The van der Waals surface area contributed by atoms with Crippen molar-refractivity contribution in [2.45, 2.75) is 13.3 Å². The Balaban J connectivity index is 1.61. The molecule has 0 radical (unpaired) electrons. The van der Waals surface area contributed by atoms with E-state index in [1.807, 2.05) is 43.3 Å². The number of hydrogen-bond donors (Lipinski definition) is 2. The lowest BCUT2D eigenvalue weighted by molar-refractivity contribution is -0.128. The van der Waals surface area contributed by atoms with E-state index in [1.54, 1.807) is 12.1 Å². The molecule has 0 heterocycles. The summed E-state index contributed by atoms with van der Waals surface area (Å²) < 4.78 is 5.13. The molecular formula is C19H21ClN2O3. The second-order valence-corrected chi connectivity index (χ2v) is 6.00. The average Bonchev–Trinajstić information content (AvgIpc) is 2.59. The number of rotatable bonds is 8. The number of aryl methyl sites for hydroxylation is 1. The van der Waals surface area contributed by atoms with Crippen LogP contribution in [0.15, 0.2) is 48.5 Å². The van der Waals surface area contributed by atoms with Crippen LogP contribution >= 0.6 is 11.6 Å². The van der Waals surface area contributed by atoms with Crippen LogP contribution < -0.4 is 10.6 Å². The van der Waals surface area contributed by atoms with Crippen molar-refractivity contribution in [2.24, 2.45) is 0 Å². The highest BCUT2D eigenvalue weighted by atomic mass is 35.5. The highest BCUT2D eigenvalue weighted by Crippen LogP contribution is 2.19. The van der Waals surface area contributed by atoms with E-state index in [1.165, 1.54) is 0 Å². The molecule has 0 fully saturated rings. The molecule has 0 spiro atoms. The first-order valence-corrected chi connectivity index (χ1v) is 8.37. The van der Waals surface area contributed by atoms with Crippen LogP contribution in [0.5, 0.6) is 0 Å². The zero-order valence-corrected chi connectivity index (χ0v) is 14.8.